The molecule has 0 aromatic heterocycles. The number of anilines is 2. The summed E-state index contributed by atoms with van der Waals surface area (Å²) in [5.74, 6) is -0.114. The van der Waals surface area contributed by atoms with Gasteiger partial charge in [-0.2, -0.15) is 0 Å². The number of hydrogen-bond donors (Lipinski definition) is 2. The summed E-state index contributed by atoms with van der Waals surface area (Å²) in [5.41, 5.74) is 3.33. The van der Waals surface area contributed by atoms with Crippen LogP contribution in [0.3, 0.4) is 0 Å². The molecule has 2 N–H and O–H groups in total. The number of aryl methyl sites for hydroxylation is 1. The molecule has 20 heavy (non-hydrogen) atoms. The summed E-state index contributed by atoms with van der Waals surface area (Å²) in [6.45, 7) is 4.76. The van der Waals surface area contributed by atoms with Crippen LogP contribution in [0.25, 0.3) is 0 Å². The van der Waals surface area contributed by atoms with E-state index in [1.54, 1.807) is 0 Å². The van der Waals surface area contributed by atoms with Crippen LogP contribution in [0.15, 0.2) is 46.9 Å². The average molecular weight is 333 g/mol. The van der Waals surface area contributed by atoms with E-state index in [0.29, 0.717) is 5.56 Å². The zero-order chi connectivity index (χ0) is 14.5. The molecule has 104 valence electrons. The van der Waals surface area contributed by atoms with Crippen LogP contribution in [0.5, 0.6) is 0 Å². The minimum absolute atomic E-state index is 0.114. The first-order valence-corrected chi connectivity index (χ1v) is 7.31. The van der Waals surface area contributed by atoms with Crippen molar-refractivity contribution in [1.29, 1.82) is 0 Å². The number of nitrogens with one attached hydrogen (secondary N) is 2. The summed E-state index contributed by atoms with van der Waals surface area (Å²) < 4.78 is 0.867. The Hall–Kier alpha value is -1.81. The Bertz CT molecular complexity index is 626. The first-order valence-electron chi connectivity index (χ1n) is 6.52. The molecule has 0 unspecified atom stereocenters. The first kappa shape index (κ1) is 14.6. The van der Waals surface area contributed by atoms with Gasteiger partial charge in [0.15, 0.2) is 0 Å². The van der Waals surface area contributed by atoms with Crippen molar-refractivity contribution in [3.63, 3.8) is 0 Å². The normalized spacial score (nSPS) is 10.2. The molecule has 0 spiro atoms. The summed E-state index contributed by atoms with van der Waals surface area (Å²) >= 11 is 3.43. The zero-order valence-corrected chi connectivity index (χ0v) is 13.1. The molecular formula is C16H17BrN2O. The fraction of sp³-hybridized carbons (Fsp3) is 0.188. The molecule has 4 heteroatoms. The van der Waals surface area contributed by atoms with E-state index >= 15 is 0 Å². The van der Waals surface area contributed by atoms with Crippen LogP contribution in [-0.2, 0) is 0 Å². The molecule has 0 saturated heterocycles. The molecule has 0 radical (unpaired) electrons. The topological polar surface area (TPSA) is 41.1 Å². The van der Waals surface area contributed by atoms with Gasteiger partial charge in [0.1, 0.15) is 0 Å². The van der Waals surface area contributed by atoms with Crippen molar-refractivity contribution in [3.8, 4) is 0 Å². The molecule has 0 aliphatic rings. The van der Waals surface area contributed by atoms with E-state index in [4.69, 9.17) is 0 Å². The monoisotopic (exact) mass is 332 g/mol. The van der Waals surface area contributed by atoms with Crippen molar-refractivity contribution in [1.82, 2.24) is 0 Å². The molecule has 2 rings (SSSR count). The third-order valence-corrected chi connectivity index (χ3v) is 3.60. The van der Waals surface area contributed by atoms with Gasteiger partial charge in [0.25, 0.3) is 5.91 Å². The predicted octanol–water partition coefficient (Wildman–Crippen LogP) is 4.44. The van der Waals surface area contributed by atoms with Gasteiger partial charge in [-0.1, -0.05) is 23.8 Å². The average Bonchev–Trinajstić information content (AvgIpc) is 2.43. The molecule has 0 aliphatic heterocycles. The van der Waals surface area contributed by atoms with Gasteiger partial charge >= 0.3 is 0 Å². The lowest BCUT2D eigenvalue weighted by Crippen LogP contribution is -2.15. The third-order valence-electron chi connectivity index (χ3n) is 2.91. The number of halogens is 1. The Labute approximate surface area is 127 Å². The Balaban J connectivity index is 2.29. The van der Waals surface area contributed by atoms with Crippen molar-refractivity contribution < 1.29 is 4.79 Å². The van der Waals surface area contributed by atoms with Crippen molar-refractivity contribution in [3.05, 3.63) is 58.1 Å². The highest BCUT2D eigenvalue weighted by Crippen LogP contribution is 2.24. The lowest BCUT2D eigenvalue weighted by Gasteiger charge is -2.12. The molecule has 3 nitrogen and oxygen atoms in total. The van der Waals surface area contributed by atoms with E-state index in [2.05, 4.69) is 26.6 Å². The smallest absolute Gasteiger partial charge is 0.257 e. The van der Waals surface area contributed by atoms with Crippen LogP contribution in [-0.4, -0.2) is 12.5 Å². The molecule has 0 bridgehead atoms. The summed E-state index contributed by atoms with van der Waals surface area (Å²) in [7, 11) is 0. The number of para-hydroxylation sites is 1. The summed E-state index contributed by atoms with van der Waals surface area (Å²) in [6.07, 6.45) is 0. The number of rotatable bonds is 4. The van der Waals surface area contributed by atoms with Crippen LogP contribution >= 0.6 is 15.9 Å². The van der Waals surface area contributed by atoms with Gasteiger partial charge in [0.2, 0.25) is 0 Å². The second-order valence-corrected chi connectivity index (χ2v) is 5.37. The van der Waals surface area contributed by atoms with E-state index in [-0.39, 0.29) is 5.91 Å². The van der Waals surface area contributed by atoms with Crippen LogP contribution in [0.4, 0.5) is 11.4 Å². The van der Waals surface area contributed by atoms with Gasteiger partial charge in [0.05, 0.1) is 11.3 Å². The lowest BCUT2D eigenvalue weighted by molar-refractivity contribution is 0.102. The third kappa shape index (κ3) is 3.39. The maximum Gasteiger partial charge on any atom is 0.257 e. The van der Waals surface area contributed by atoms with E-state index in [1.165, 1.54) is 0 Å². The number of amides is 1. The van der Waals surface area contributed by atoms with Gasteiger partial charge in [-0.25, -0.2) is 0 Å². The van der Waals surface area contributed by atoms with Crippen molar-refractivity contribution >= 4 is 33.2 Å². The van der Waals surface area contributed by atoms with Crippen LogP contribution in [0.2, 0.25) is 0 Å². The van der Waals surface area contributed by atoms with E-state index in [1.807, 2.05) is 56.3 Å². The Morgan fingerprint density at radius 3 is 2.60 bits per heavy atom. The van der Waals surface area contributed by atoms with Crippen LogP contribution in [0.1, 0.15) is 22.8 Å². The van der Waals surface area contributed by atoms with Crippen molar-refractivity contribution in [2.45, 2.75) is 13.8 Å². The van der Waals surface area contributed by atoms with Gasteiger partial charge in [-0.15, -0.1) is 0 Å². The van der Waals surface area contributed by atoms with E-state index in [0.717, 1.165) is 28.0 Å². The van der Waals surface area contributed by atoms with Crippen LogP contribution < -0.4 is 10.6 Å². The maximum atomic E-state index is 12.4. The Morgan fingerprint density at radius 1 is 1.15 bits per heavy atom. The van der Waals surface area contributed by atoms with Gasteiger partial charge < -0.3 is 10.6 Å². The second-order valence-electron chi connectivity index (χ2n) is 4.51. The number of hydrogen-bond acceptors (Lipinski definition) is 2. The standard InChI is InChI=1S/C16H17BrN2O/c1-3-18-14-9-8-11(2)10-12(14)16(20)19-15-7-5-4-6-13(15)17/h4-10,18H,3H2,1-2H3,(H,19,20). The molecule has 0 saturated carbocycles. The molecule has 0 atom stereocenters. The highest BCUT2D eigenvalue weighted by Gasteiger charge is 2.12. The highest BCUT2D eigenvalue weighted by atomic mass is 79.9. The number of carbonyl (C=O) groups is 1. The van der Waals surface area contributed by atoms with Gasteiger partial charge in [0, 0.05) is 16.7 Å². The molecule has 0 fully saturated rings. The molecule has 2 aromatic rings. The van der Waals surface area contributed by atoms with Gasteiger partial charge in [-0.3, -0.25) is 4.79 Å². The fourth-order valence-electron chi connectivity index (χ4n) is 1.94. The largest absolute Gasteiger partial charge is 0.385 e. The molecule has 0 aliphatic carbocycles. The van der Waals surface area contributed by atoms with Crippen molar-refractivity contribution in [2.75, 3.05) is 17.2 Å². The quantitative estimate of drug-likeness (QED) is 0.868. The van der Waals surface area contributed by atoms with E-state index < -0.39 is 0 Å². The zero-order valence-electron chi connectivity index (χ0n) is 11.5. The highest BCUT2D eigenvalue weighted by molar-refractivity contribution is 9.10. The second kappa shape index (κ2) is 6.57. The molecular weight excluding hydrogens is 316 g/mol. The number of carbonyl (C=O) groups excluding carboxylic acids is 1. The maximum absolute atomic E-state index is 12.4. The molecule has 0 heterocycles. The van der Waals surface area contributed by atoms with Gasteiger partial charge in [-0.05, 0) is 54.0 Å². The minimum Gasteiger partial charge on any atom is -0.385 e. The fourth-order valence-corrected chi connectivity index (χ4v) is 2.33. The van der Waals surface area contributed by atoms with Crippen LogP contribution in [0, 0.1) is 6.92 Å². The number of benzene rings is 2. The summed E-state index contributed by atoms with van der Waals surface area (Å²) in [6, 6.07) is 13.4. The van der Waals surface area contributed by atoms with Crippen molar-refractivity contribution in [2.24, 2.45) is 0 Å². The summed E-state index contributed by atoms with van der Waals surface area (Å²) in [4.78, 5) is 12.4. The Kier molecular flexibility index (Phi) is 4.79. The van der Waals surface area contributed by atoms with E-state index in [9.17, 15) is 4.79 Å². The SMILES string of the molecule is CCNc1ccc(C)cc1C(=O)Nc1ccccc1Br. The first-order chi connectivity index (χ1) is 9.61. The summed E-state index contributed by atoms with van der Waals surface area (Å²) in [5, 5.41) is 6.14. The predicted molar refractivity (Wildman–Crippen MR) is 87.4 cm³/mol. The Morgan fingerprint density at radius 2 is 1.90 bits per heavy atom. The minimum atomic E-state index is -0.114. The lowest BCUT2D eigenvalue weighted by atomic mass is 10.1. The molecule has 2 aromatic carbocycles. The molecule has 1 amide bonds.